The maximum atomic E-state index is 4.98. The second kappa shape index (κ2) is 5.16. The smallest absolute Gasteiger partial charge is 0.213 e. The summed E-state index contributed by atoms with van der Waals surface area (Å²) in [5.74, 6) is 0.623. The van der Waals surface area contributed by atoms with E-state index in [0.717, 1.165) is 18.8 Å². The fraction of sp³-hybridized carbons (Fsp3) is 0.273. The van der Waals surface area contributed by atoms with Crippen LogP contribution in [0.25, 0.3) is 0 Å². The molecule has 5 heteroatoms. The Hall–Kier alpha value is -2.04. The van der Waals surface area contributed by atoms with Gasteiger partial charge < -0.3 is 10.1 Å². The van der Waals surface area contributed by atoms with Crippen molar-refractivity contribution in [3.05, 3.63) is 36.8 Å². The zero-order valence-corrected chi connectivity index (χ0v) is 9.13. The van der Waals surface area contributed by atoms with Gasteiger partial charge in [0.05, 0.1) is 25.5 Å². The molecule has 84 valence electrons. The molecule has 0 aliphatic heterocycles. The third-order valence-corrected chi connectivity index (χ3v) is 2.17. The maximum absolute atomic E-state index is 4.98. The summed E-state index contributed by atoms with van der Waals surface area (Å²) in [5, 5.41) is 7.37. The van der Waals surface area contributed by atoms with Crippen molar-refractivity contribution in [1.82, 2.24) is 14.8 Å². The molecule has 0 fully saturated rings. The summed E-state index contributed by atoms with van der Waals surface area (Å²) in [6.45, 7) is 1.65. The first-order valence-corrected chi connectivity index (χ1v) is 5.10. The minimum atomic E-state index is 0.623. The van der Waals surface area contributed by atoms with Gasteiger partial charge >= 0.3 is 0 Å². The number of nitrogens with one attached hydrogen (secondary N) is 1. The van der Waals surface area contributed by atoms with Gasteiger partial charge in [-0.3, -0.25) is 4.68 Å². The Morgan fingerprint density at radius 1 is 1.44 bits per heavy atom. The zero-order valence-electron chi connectivity index (χ0n) is 9.13. The number of hydrogen-bond acceptors (Lipinski definition) is 4. The van der Waals surface area contributed by atoms with Crippen LogP contribution in [0.2, 0.25) is 0 Å². The minimum absolute atomic E-state index is 0.623. The van der Waals surface area contributed by atoms with Crippen LogP contribution >= 0.6 is 0 Å². The van der Waals surface area contributed by atoms with Crippen molar-refractivity contribution >= 4 is 5.69 Å². The first kappa shape index (κ1) is 10.5. The van der Waals surface area contributed by atoms with Crippen molar-refractivity contribution in [2.45, 2.75) is 6.54 Å². The molecule has 0 aromatic carbocycles. The van der Waals surface area contributed by atoms with Crippen LogP contribution in [0.15, 0.2) is 36.8 Å². The van der Waals surface area contributed by atoms with Crippen LogP contribution in [0.3, 0.4) is 0 Å². The molecule has 0 saturated heterocycles. The molecule has 0 unspecified atom stereocenters. The standard InChI is InChI=1S/C11H14N4O/c1-16-11-4-3-10(9-13-11)12-6-8-15-7-2-5-14-15/h2-5,7,9,12H,6,8H2,1H3. The van der Waals surface area contributed by atoms with Gasteiger partial charge in [-0.2, -0.15) is 5.10 Å². The van der Waals surface area contributed by atoms with Crippen molar-refractivity contribution in [3.8, 4) is 5.88 Å². The molecule has 0 aliphatic rings. The second-order valence-corrected chi connectivity index (χ2v) is 3.29. The van der Waals surface area contributed by atoms with Gasteiger partial charge in [0.25, 0.3) is 0 Å². The predicted molar refractivity (Wildman–Crippen MR) is 61.5 cm³/mol. The number of nitrogens with zero attached hydrogens (tertiary/aromatic N) is 3. The van der Waals surface area contributed by atoms with E-state index >= 15 is 0 Å². The van der Waals surface area contributed by atoms with Gasteiger partial charge in [-0.25, -0.2) is 4.98 Å². The lowest BCUT2D eigenvalue weighted by atomic mass is 10.4. The lowest BCUT2D eigenvalue weighted by Crippen LogP contribution is -2.10. The van der Waals surface area contributed by atoms with Crippen LogP contribution in [0.4, 0.5) is 5.69 Å². The maximum Gasteiger partial charge on any atom is 0.213 e. The molecule has 0 spiro atoms. The summed E-state index contributed by atoms with van der Waals surface area (Å²) in [4.78, 5) is 4.11. The number of methoxy groups -OCH3 is 1. The minimum Gasteiger partial charge on any atom is -0.481 e. The van der Waals surface area contributed by atoms with E-state index in [2.05, 4.69) is 15.4 Å². The summed E-state index contributed by atoms with van der Waals surface area (Å²) in [6, 6.07) is 5.68. The highest BCUT2D eigenvalue weighted by molar-refractivity contribution is 5.41. The van der Waals surface area contributed by atoms with Crippen molar-refractivity contribution in [2.75, 3.05) is 19.0 Å². The summed E-state index contributed by atoms with van der Waals surface area (Å²) in [5.41, 5.74) is 0.980. The van der Waals surface area contributed by atoms with Crippen LogP contribution in [0, 0.1) is 0 Å². The fourth-order valence-electron chi connectivity index (χ4n) is 1.35. The zero-order chi connectivity index (χ0) is 11.2. The molecule has 0 bridgehead atoms. The Bertz CT molecular complexity index is 410. The highest BCUT2D eigenvalue weighted by atomic mass is 16.5. The van der Waals surface area contributed by atoms with Gasteiger partial charge in [-0.15, -0.1) is 0 Å². The molecule has 1 N–H and O–H groups in total. The number of anilines is 1. The largest absolute Gasteiger partial charge is 0.481 e. The SMILES string of the molecule is COc1ccc(NCCn2cccn2)cn1. The van der Waals surface area contributed by atoms with E-state index in [-0.39, 0.29) is 0 Å². The Morgan fingerprint density at radius 3 is 3.00 bits per heavy atom. The third kappa shape index (κ3) is 2.73. The van der Waals surface area contributed by atoms with E-state index in [9.17, 15) is 0 Å². The average molecular weight is 218 g/mol. The summed E-state index contributed by atoms with van der Waals surface area (Å²) >= 11 is 0. The monoisotopic (exact) mass is 218 g/mol. The lowest BCUT2D eigenvalue weighted by molar-refractivity contribution is 0.398. The van der Waals surface area contributed by atoms with Gasteiger partial charge in [-0.1, -0.05) is 0 Å². The summed E-state index contributed by atoms with van der Waals surface area (Å²) < 4.78 is 6.86. The number of rotatable bonds is 5. The van der Waals surface area contributed by atoms with E-state index in [1.807, 2.05) is 29.1 Å². The molecule has 2 aromatic rings. The summed E-state index contributed by atoms with van der Waals surface area (Å²) in [6.07, 6.45) is 5.46. The van der Waals surface area contributed by atoms with Gasteiger partial charge in [-0.05, 0) is 12.1 Å². The molecule has 2 heterocycles. The lowest BCUT2D eigenvalue weighted by Gasteiger charge is -2.06. The van der Waals surface area contributed by atoms with Crippen LogP contribution in [0.5, 0.6) is 5.88 Å². The Kier molecular flexibility index (Phi) is 3.38. The molecule has 0 atom stereocenters. The fourth-order valence-corrected chi connectivity index (χ4v) is 1.35. The van der Waals surface area contributed by atoms with Crippen LogP contribution in [-0.4, -0.2) is 28.4 Å². The molecule has 0 aliphatic carbocycles. The molecule has 0 radical (unpaired) electrons. The Labute approximate surface area is 94.1 Å². The van der Waals surface area contributed by atoms with Crippen molar-refractivity contribution in [1.29, 1.82) is 0 Å². The molecule has 5 nitrogen and oxygen atoms in total. The highest BCUT2D eigenvalue weighted by Gasteiger charge is 1.95. The topological polar surface area (TPSA) is 52.0 Å². The van der Waals surface area contributed by atoms with Crippen molar-refractivity contribution in [2.24, 2.45) is 0 Å². The average Bonchev–Trinajstić information content (AvgIpc) is 2.83. The van der Waals surface area contributed by atoms with E-state index in [0.29, 0.717) is 5.88 Å². The number of ether oxygens (including phenoxy) is 1. The van der Waals surface area contributed by atoms with E-state index < -0.39 is 0 Å². The van der Waals surface area contributed by atoms with Gasteiger partial charge in [0.15, 0.2) is 0 Å². The van der Waals surface area contributed by atoms with Crippen molar-refractivity contribution in [3.63, 3.8) is 0 Å². The van der Waals surface area contributed by atoms with Gasteiger partial charge in [0.2, 0.25) is 5.88 Å². The normalized spacial score (nSPS) is 10.1. The molecule has 2 rings (SSSR count). The molecule has 16 heavy (non-hydrogen) atoms. The quantitative estimate of drug-likeness (QED) is 0.824. The van der Waals surface area contributed by atoms with E-state index in [1.165, 1.54) is 0 Å². The number of hydrogen-bond donors (Lipinski definition) is 1. The molecular formula is C11H14N4O. The molecular weight excluding hydrogens is 204 g/mol. The second-order valence-electron chi connectivity index (χ2n) is 3.29. The molecule has 0 saturated carbocycles. The van der Waals surface area contributed by atoms with Crippen LogP contribution in [0.1, 0.15) is 0 Å². The first-order valence-electron chi connectivity index (χ1n) is 5.10. The van der Waals surface area contributed by atoms with Gasteiger partial charge in [0.1, 0.15) is 0 Å². The first-order chi connectivity index (χ1) is 7.88. The number of pyridine rings is 1. The molecule has 2 aromatic heterocycles. The van der Waals surface area contributed by atoms with E-state index in [4.69, 9.17) is 4.74 Å². The Morgan fingerprint density at radius 2 is 2.38 bits per heavy atom. The third-order valence-electron chi connectivity index (χ3n) is 2.17. The predicted octanol–water partition coefficient (Wildman–Crippen LogP) is 1.40. The highest BCUT2D eigenvalue weighted by Crippen LogP contribution is 2.10. The summed E-state index contributed by atoms with van der Waals surface area (Å²) in [7, 11) is 1.60. The Balaban J connectivity index is 1.81. The molecule has 0 amide bonds. The number of aromatic nitrogens is 3. The van der Waals surface area contributed by atoms with E-state index in [1.54, 1.807) is 19.5 Å². The van der Waals surface area contributed by atoms with Crippen LogP contribution < -0.4 is 10.1 Å². The van der Waals surface area contributed by atoms with Crippen LogP contribution in [-0.2, 0) is 6.54 Å². The van der Waals surface area contributed by atoms with Gasteiger partial charge in [0, 0.05) is 25.0 Å². The van der Waals surface area contributed by atoms with Crippen molar-refractivity contribution < 1.29 is 4.74 Å².